The maximum Gasteiger partial charge on any atom is 0.257 e. The van der Waals surface area contributed by atoms with Gasteiger partial charge in [0, 0.05) is 6.54 Å². The second kappa shape index (κ2) is 6.27. The van der Waals surface area contributed by atoms with Gasteiger partial charge in [-0.15, -0.1) is 0 Å². The highest BCUT2D eigenvalue weighted by Crippen LogP contribution is 2.05. The van der Waals surface area contributed by atoms with Crippen molar-refractivity contribution in [3.63, 3.8) is 0 Å². The molecule has 0 unspecified atom stereocenters. The van der Waals surface area contributed by atoms with Crippen molar-refractivity contribution in [1.29, 1.82) is 0 Å². The summed E-state index contributed by atoms with van der Waals surface area (Å²) in [5.41, 5.74) is 0. The minimum absolute atomic E-state index is 0.134. The van der Waals surface area contributed by atoms with Gasteiger partial charge in [0.2, 0.25) is 0 Å². The monoisotopic (exact) mass is 263 g/mol. The molecule has 0 radical (unpaired) electrons. The number of nitrogens with one attached hydrogen (secondary N) is 2. The molecule has 1 aromatic heterocycles. The fraction of sp³-hybridized carbons (Fsp3) is 0.667. The van der Waals surface area contributed by atoms with Crippen LogP contribution >= 0.6 is 11.8 Å². The van der Waals surface area contributed by atoms with E-state index < -0.39 is 10.0 Å². The summed E-state index contributed by atoms with van der Waals surface area (Å²) in [7, 11) is -3.40. The van der Waals surface area contributed by atoms with Crippen LogP contribution in [0.5, 0.6) is 0 Å². The molecule has 2 N–H and O–H groups in total. The lowest BCUT2D eigenvalue weighted by Gasteiger charge is -2.03. The summed E-state index contributed by atoms with van der Waals surface area (Å²) in [5.74, 6) is 1.66. The summed E-state index contributed by atoms with van der Waals surface area (Å²) in [6, 6.07) is 0. The Bertz CT molecular complexity index is 414. The molecule has 0 aliphatic rings. The number of unbranched alkanes of at least 4 members (excludes halogenated alkanes) is 1. The smallest absolute Gasteiger partial charge is 0.257 e. The fourth-order valence-electron chi connectivity index (χ4n) is 1.19. The normalized spacial score (nSPS) is 11.9. The van der Waals surface area contributed by atoms with Gasteiger partial charge in [-0.25, -0.2) is 18.1 Å². The van der Waals surface area contributed by atoms with Gasteiger partial charge in [0.25, 0.3) is 10.0 Å². The predicted molar refractivity (Wildman–Crippen MR) is 66.1 cm³/mol. The third-order valence-corrected chi connectivity index (χ3v) is 4.10. The predicted octanol–water partition coefficient (Wildman–Crippen LogP) is 1.14. The van der Waals surface area contributed by atoms with Gasteiger partial charge >= 0.3 is 0 Å². The zero-order valence-corrected chi connectivity index (χ0v) is 11.1. The topological polar surface area (TPSA) is 74.8 Å². The molecule has 1 rings (SSSR count). The van der Waals surface area contributed by atoms with Gasteiger partial charge in [-0.05, 0) is 31.8 Å². The molecule has 7 heteroatoms. The number of thioether (sulfide) groups is 1. The van der Waals surface area contributed by atoms with Crippen LogP contribution in [0.1, 0.15) is 18.7 Å². The average molecular weight is 263 g/mol. The standard InChI is InChI=1S/C9H17N3O2S2/c1-8-10-7-9(12-8)16(13,14)11-5-3-4-6-15-2/h7,11H,3-6H2,1-2H3,(H,10,12). The van der Waals surface area contributed by atoms with Gasteiger partial charge < -0.3 is 4.98 Å². The Hall–Kier alpha value is -0.530. The van der Waals surface area contributed by atoms with Crippen molar-refractivity contribution in [2.75, 3.05) is 18.6 Å². The van der Waals surface area contributed by atoms with E-state index in [1.807, 2.05) is 6.26 Å². The number of sulfonamides is 1. The molecular formula is C9H17N3O2S2. The van der Waals surface area contributed by atoms with E-state index in [9.17, 15) is 8.42 Å². The van der Waals surface area contributed by atoms with Crippen LogP contribution in [0.3, 0.4) is 0 Å². The molecule has 0 bridgehead atoms. The lowest BCUT2D eigenvalue weighted by Crippen LogP contribution is -2.25. The summed E-state index contributed by atoms with van der Waals surface area (Å²) < 4.78 is 25.9. The van der Waals surface area contributed by atoms with Crippen molar-refractivity contribution in [3.8, 4) is 0 Å². The second-order valence-electron chi connectivity index (χ2n) is 3.43. The van der Waals surface area contributed by atoms with Crippen molar-refractivity contribution in [1.82, 2.24) is 14.7 Å². The highest BCUT2D eigenvalue weighted by molar-refractivity contribution is 7.98. The number of aromatic amines is 1. The average Bonchev–Trinajstić information content (AvgIpc) is 2.65. The Kier molecular flexibility index (Phi) is 5.30. The third-order valence-electron chi connectivity index (χ3n) is 2.04. The Morgan fingerprint density at radius 2 is 2.25 bits per heavy atom. The Balaban J connectivity index is 2.41. The quantitative estimate of drug-likeness (QED) is 0.723. The van der Waals surface area contributed by atoms with Crippen molar-refractivity contribution in [2.24, 2.45) is 0 Å². The van der Waals surface area contributed by atoms with Crippen LogP contribution in [0.25, 0.3) is 0 Å². The van der Waals surface area contributed by atoms with E-state index in [0.717, 1.165) is 18.6 Å². The molecule has 0 fully saturated rings. The summed E-state index contributed by atoms with van der Waals surface area (Å²) in [6.07, 6.45) is 5.25. The minimum atomic E-state index is -3.40. The SMILES string of the molecule is CSCCCCNS(=O)(=O)c1cnc(C)[nH]1. The first-order chi connectivity index (χ1) is 7.56. The summed E-state index contributed by atoms with van der Waals surface area (Å²) in [5, 5.41) is 0.134. The Labute approximate surface area is 100 Å². The van der Waals surface area contributed by atoms with Gasteiger partial charge in [-0.2, -0.15) is 11.8 Å². The number of hydrogen-bond acceptors (Lipinski definition) is 4. The van der Waals surface area contributed by atoms with Crippen LogP contribution in [0.15, 0.2) is 11.2 Å². The lowest BCUT2D eigenvalue weighted by molar-refractivity contribution is 0.575. The zero-order chi connectivity index (χ0) is 12.0. The largest absolute Gasteiger partial charge is 0.332 e. The van der Waals surface area contributed by atoms with Gasteiger partial charge in [0.1, 0.15) is 5.82 Å². The second-order valence-corrected chi connectivity index (χ2v) is 6.15. The number of H-pyrrole nitrogens is 1. The van der Waals surface area contributed by atoms with Gasteiger partial charge in [0.05, 0.1) is 6.20 Å². The van der Waals surface area contributed by atoms with Crippen LogP contribution in [-0.2, 0) is 10.0 Å². The first kappa shape index (κ1) is 13.5. The van der Waals surface area contributed by atoms with Gasteiger partial charge in [0.15, 0.2) is 5.03 Å². The molecule has 0 spiro atoms. The van der Waals surface area contributed by atoms with Gasteiger partial charge in [-0.3, -0.25) is 0 Å². The molecule has 5 nitrogen and oxygen atoms in total. The Morgan fingerprint density at radius 1 is 1.50 bits per heavy atom. The van der Waals surface area contributed by atoms with E-state index in [0.29, 0.717) is 12.4 Å². The molecule has 0 atom stereocenters. The van der Waals surface area contributed by atoms with Crippen molar-refractivity contribution in [3.05, 3.63) is 12.0 Å². The number of imidazole rings is 1. The van der Waals surface area contributed by atoms with Crippen LogP contribution in [0, 0.1) is 6.92 Å². The molecule has 16 heavy (non-hydrogen) atoms. The molecule has 0 saturated carbocycles. The maximum absolute atomic E-state index is 11.7. The highest BCUT2D eigenvalue weighted by Gasteiger charge is 2.15. The molecule has 0 aromatic carbocycles. The summed E-state index contributed by atoms with van der Waals surface area (Å²) in [6.45, 7) is 2.19. The molecule has 0 amide bonds. The van der Waals surface area contributed by atoms with E-state index in [4.69, 9.17) is 0 Å². The first-order valence-corrected chi connectivity index (χ1v) is 7.94. The number of rotatable bonds is 7. The molecule has 92 valence electrons. The van der Waals surface area contributed by atoms with Crippen LogP contribution in [0.2, 0.25) is 0 Å². The van der Waals surface area contributed by atoms with Gasteiger partial charge in [-0.1, -0.05) is 0 Å². The third kappa shape index (κ3) is 4.15. The molecule has 1 heterocycles. The lowest BCUT2D eigenvalue weighted by atomic mass is 10.3. The number of hydrogen-bond donors (Lipinski definition) is 2. The fourth-order valence-corrected chi connectivity index (χ4v) is 2.73. The van der Waals surface area contributed by atoms with Crippen LogP contribution in [0.4, 0.5) is 0 Å². The molecular weight excluding hydrogens is 246 g/mol. The Morgan fingerprint density at radius 3 is 2.81 bits per heavy atom. The van der Waals surface area contributed by atoms with E-state index >= 15 is 0 Å². The van der Waals surface area contributed by atoms with E-state index in [1.165, 1.54) is 6.20 Å². The molecule has 1 aromatic rings. The van der Waals surface area contributed by atoms with Crippen LogP contribution in [-0.4, -0.2) is 36.9 Å². The van der Waals surface area contributed by atoms with E-state index in [2.05, 4.69) is 14.7 Å². The highest BCUT2D eigenvalue weighted by atomic mass is 32.2. The number of aromatic nitrogens is 2. The molecule has 0 aliphatic carbocycles. The van der Waals surface area contributed by atoms with Crippen molar-refractivity contribution in [2.45, 2.75) is 24.8 Å². The minimum Gasteiger partial charge on any atom is -0.332 e. The van der Waals surface area contributed by atoms with Crippen molar-refractivity contribution < 1.29 is 8.42 Å². The van der Waals surface area contributed by atoms with E-state index in [1.54, 1.807) is 18.7 Å². The molecule has 0 saturated heterocycles. The summed E-state index contributed by atoms with van der Waals surface area (Å²) in [4.78, 5) is 6.57. The van der Waals surface area contributed by atoms with E-state index in [-0.39, 0.29) is 5.03 Å². The molecule has 0 aliphatic heterocycles. The van der Waals surface area contributed by atoms with Crippen molar-refractivity contribution >= 4 is 21.8 Å². The zero-order valence-electron chi connectivity index (χ0n) is 9.49. The first-order valence-electron chi connectivity index (χ1n) is 5.06. The number of nitrogens with zero attached hydrogens (tertiary/aromatic N) is 1. The maximum atomic E-state index is 11.7. The summed E-state index contributed by atoms with van der Waals surface area (Å²) >= 11 is 1.77. The van der Waals surface area contributed by atoms with Crippen LogP contribution < -0.4 is 4.72 Å². The number of aryl methyl sites for hydroxylation is 1.